The second-order valence-electron chi connectivity index (χ2n) is 4.39. The molecule has 0 aliphatic rings. The molecule has 0 unspecified atom stereocenters. The first-order chi connectivity index (χ1) is 11.5. The van der Waals surface area contributed by atoms with Gasteiger partial charge in [-0.1, -0.05) is 0 Å². The Morgan fingerprint density at radius 1 is 0.750 bits per heavy atom. The van der Waals surface area contributed by atoms with Gasteiger partial charge in [0.2, 0.25) is 0 Å². The van der Waals surface area contributed by atoms with Gasteiger partial charge in [-0.05, 0) is 12.8 Å². The van der Waals surface area contributed by atoms with Crippen molar-refractivity contribution >= 4 is 24.0 Å². The zero-order valence-electron chi connectivity index (χ0n) is 13.8. The third-order valence-corrected chi connectivity index (χ3v) is 2.51. The first-order valence-electron chi connectivity index (χ1n) is 7.42. The summed E-state index contributed by atoms with van der Waals surface area (Å²) in [6.45, 7) is 0.965. The Labute approximate surface area is 140 Å². The fourth-order valence-electron chi connectivity index (χ4n) is 1.30. The van der Waals surface area contributed by atoms with E-state index in [-0.39, 0.29) is 25.3 Å². The first-order valence-corrected chi connectivity index (χ1v) is 7.42. The minimum absolute atomic E-state index is 0.118. The normalized spacial score (nSPS) is 9.92. The summed E-state index contributed by atoms with van der Waals surface area (Å²) in [7, 11) is 3.00. The largest absolute Gasteiger partial charge is 0.462 e. The highest BCUT2D eigenvalue weighted by Gasteiger charge is 2.02. The van der Waals surface area contributed by atoms with Crippen molar-refractivity contribution in [2.24, 2.45) is 0 Å². The maximum Gasteiger partial charge on any atom is 0.331 e. The number of urea groups is 2. The monoisotopic (exact) mass is 344 g/mol. The lowest BCUT2D eigenvalue weighted by atomic mass is 10.4. The number of esters is 2. The highest BCUT2D eigenvalue weighted by atomic mass is 16.5. The molecular weight excluding hydrogens is 320 g/mol. The van der Waals surface area contributed by atoms with Crippen LogP contribution in [0.4, 0.5) is 9.59 Å². The molecule has 24 heavy (non-hydrogen) atoms. The SMILES string of the molecule is CNC(=O)NCCCOC(=O)/C=C/C(=O)OCCCNC(=O)NC. The molecule has 0 aliphatic carbocycles. The van der Waals surface area contributed by atoms with Crippen LogP contribution < -0.4 is 21.3 Å². The van der Waals surface area contributed by atoms with E-state index >= 15 is 0 Å². The topological polar surface area (TPSA) is 135 Å². The number of hydrogen-bond donors (Lipinski definition) is 4. The highest BCUT2D eigenvalue weighted by Crippen LogP contribution is 1.89. The van der Waals surface area contributed by atoms with Crippen LogP contribution in [0.2, 0.25) is 0 Å². The Hall–Kier alpha value is -2.78. The maximum atomic E-state index is 11.3. The van der Waals surface area contributed by atoms with E-state index in [1.807, 2.05) is 0 Å². The van der Waals surface area contributed by atoms with Gasteiger partial charge in [0.1, 0.15) is 0 Å². The Morgan fingerprint density at radius 2 is 1.12 bits per heavy atom. The van der Waals surface area contributed by atoms with Gasteiger partial charge in [0.25, 0.3) is 0 Å². The molecule has 0 aliphatic heterocycles. The molecule has 0 aromatic heterocycles. The van der Waals surface area contributed by atoms with Crippen molar-refractivity contribution in [2.45, 2.75) is 12.8 Å². The Bertz CT molecular complexity index is 413. The third-order valence-electron chi connectivity index (χ3n) is 2.51. The van der Waals surface area contributed by atoms with Crippen molar-refractivity contribution in [2.75, 3.05) is 40.4 Å². The maximum absolute atomic E-state index is 11.3. The number of carbonyl (C=O) groups is 4. The average molecular weight is 344 g/mol. The summed E-state index contributed by atoms with van der Waals surface area (Å²) in [4.78, 5) is 44.3. The molecule has 0 aromatic rings. The fraction of sp³-hybridized carbons (Fsp3) is 0.571. The summed E-state index contributed by atoms with van der Waals surface area (Å²) in [6.07, 6.45) is 2.85. The van der Waals surface area contributed by atoms with Crippen molar-refractivity contribution < 1.29 is 28.7 Å². The zero-order valence-corrected chi connectivity index (χ0v) is 13.8. The van der Waals surface area contributed by atoms with Crippen LogP contribution in [-0.4, -0.2) is 64.4 Å². The molecule has 10 heteroatoms. The van der Waals surface area contributed by atoms with E-state index in [9.17, 15) is 19.2 Å². The van der Waals surface area contributed by atoms with Crippen LogP contribution in [-0.2, 0) is 19.1 Å². The summed E-state index contributed by atoms with van der Waals surface area (Å²) in [6, 6.07) is -0.621. The van der Waals surface area contributed by atoms with Gasteiger partial charge in [0.15, 0.2) is 0 Å². The first kappa shape index (κ1) is 21.2. The third kappa shape index (κ3) is 12.9. The molecule has 0 atom stereocenters. The van der Waals surface area contributed by atoms with Gasteiger partial charge in [0, 0.05) is 39.3 Å². The average Bonchev–Trinajstić information content (AvgIpc) is 2.58. The second-order valence-corrected chi connectivity index (χ2v) is 4.39. The summed E-state index contributed by atoms with van der Waals surface area (Å²) in [5.74, 6) is -1.35. The Kier molecular flexibility index (Phi) is 12.2. The molecule has 4 amide bonds. The van der Waals surface area contributed by atoms with Gasteiger partial charge in [-0.25, -0.2) is 19.2 Å². The van der Waals surface area contributed by atoms with Crippen molar-refractivity contribution in [3.8, 4) is 0 Å². The van der Waals surface area contributed by atoms with Gasteiger partial charge < -0.3 is 30.7 Å². The van der Waals surface area contributed by atoms with E-state index < -0.39 is 11.9 Å². The predicted molar refractivity (Wildman–Crippen MR) is 85.2 cm³/mol. The van der Waals surface area contributed by atoms with Crippen molar-refractivity contribution in [1.82, 2.24) is 21.3 Å². The van der Waals surface area contributed by atoms with E-state index in [1.54, 1.807) is 0 Å². The number of nitrogens with one attached hydrogen (secondary N) is 4. The predicted octanol–water partition coefficient (Wildman–Crippen LogP) is -0.733. The summed E-state index contributed by atoms with van der Waals surface area (Å²) in [5.41, 5.74) is 0. The molecule has 0 aromatic carbocycles. The summed E-state index contributed by atoms with van der Waals surface area (Å²) in [5, 5.41) is 9.85. The fourth-order valence-corrected chi connectivity index (χ4v) is 1.30. The van der Waals surface area contributed by atoms with Crippen LogP contribution in [0.3, 0.4) is 0 Å². The second kappa shape index (κ2) is 13.9. The van der Waals surface area contributed by atoms with E-state index in [2.05, 4.69) is 21.3 Å². The van der Waals surface area contributed by atoms with Crippen LogP contribution in [0.25, 0.3) is 0 Å². The van der Waals surface area contributed by atoms with Crippen LogP contribution in [0.5, 0.6) is 0 Å². The molecular formula is C14H24N4O6. The molecule has 0 saturated heterocycles. The van der Waals surface area contributed by atoms with Crippen LogP contribution >= 0.6 is 0 Å². The molecule has 0 radical (unpaired) electrons. The lowest BCUT2D eigenvalue weighted by Gasteiger charge is -2.05. The van der Waals surface area contributed by atoms with Crippen molar-refractivity contribution in [3.05, 3.63) is 12.2 Å². The smallest absolute Gasteiger partial charge is 0.331 e. The van der Waals surface area contributed by atoms with Crippen molar-refractivity contribution in [1.29, 1.82) is 0 Å². The number of ether oxygens (including phenoxy) is 2. The number of hydrogen-bond acceptors (Lipinski definition) is 6. The van der Waals surface area contributed by atoms with Gasteiger partial charge >= 0.3 is 24.0 Å². The lowest BCUT2D eigenvalue weighted by Crippen LogP contribution is -2.33. The molecule has 4 N–H and O–H groups in total. The Morgan fingerprint density at radius 3 is 1.46 bits per heavy atom. The molecule has 0 saturated carbocycles. The minimum Gasteiger partial charge on any atom is -0.462 e. The standard InChI is InChI=1S/C14H24N4O6/c1-15-13(21)17-7-3-9-23-11(19)5-6-12(20)24-10-4-8-18-14(22)16-2/h5-6H,3-4,7-10H2,1-2H3,(H2,15,17,21)(H2,16,18,22)/b6-5+. The van der Waals surface area contributed by atoms with Crippen LogP contribution in [0.15, 0.2) is 12.2 Å². The van der Waals surface area contributed by atoms with E-state index in [4.69, 9.17) is 9.47 Å². The number of carbonyl (C=O) groups excluding carboxylic acids is 4. The molecule has 0 rings (SSSR count). The summed E-state index contributed by atoms with van der Waals surface area (Å²) < 4.78 is 9.66. The van der Waals surface area contributed by atoms with Crippen molar-refractivity contribution in [3.63, 3.8) is 0 Å². The molecule has 0 bridgehead atoms. The summed E-state index contributed by atoms with van der Waals surface area (Å²) >= 11 is 0. The molecule has 0 heterocycles. The van der Waals surface area contributed by atoms with Crippen LogP contribution in [0.1, 0.15) is 12.8 Å². The molecule has 136 valence electrons. The van der Waals surface area contributed by atoms with Gasteiger partial charge in [-0.2, -0.15) is 0 Å². The lowest BCUT2D eigenvalue weighted by molar-refractivity contribution is -0.140. The number of amides is 4. The zero-order chi connectivity index (χ0) is 18.2. The molecule has 10 nitrogen and oxygen atoms in total. The molecule has 0 fully saturated rings. The van der Waals surface area contributed by atoms with Gasteiger partial charge in [0.05, 0.1) is 13.2 Å². The quantitative estimate of drug-likeness (QED) is 0.234. The van der Waals surface area contributed by atoms with E-state index in [1.165, 1.54) is 14.1 Å². The number of rotatable bonds is 10. The highest BCUT2D eigenvalue weighted by molar-refractivity contribution is 5.91. The minimum atomic E-state index is -0.673. The molecule has 0 spiro atoms. The van der Waals surface area contributed by atoms with E-state index in [0.717, 1.165) is 12.2 Å². The van der Waals surface area contributed by atoms with Crippen LogP contribution in [0, 0.1) is 0 Å². The van der Waals surface area contributed by atoms with Gasteiger partial charge in [-0.15, -0.1) is 0 Å². The Balaban J connectivity index is 3.64. The van der Waals surface area contributed by atoms with E-state index in [0.29, 0.717) is 25.9 Å². The van der Waals surface area contributed by atoms with Gasteiger partial charge in [-0.3, -0.25) is 0 Å².